The Morgan fingerprint density at radius 3 is 2.73 bits per heavy atom. The molecule has 1 aliphatic heterocycles. The third kappa shape index (κ3) is 3.99. The van der Waals surface area contributed by atoms with Crippen LogP contribution in [-0.2, 0) is 0 Å². The van der Waals surface area contributed by atoms with Crippen molar-refractivity contribution < 1.29 is 0 Å². The second-order valence-electron chi connectivity index (χ2n) is 6.56. The van der Waals surface area contributed by atoms with E-state index >= 15 is 0 Å². The van der Waals surface area contributed by atoms with Crippen LogP contribution in [0.5, 0.6) is 0 Å². The molecule has 1 fully saturated rings. The zero-order valence-corrected chi connectivity index (χ0v) is 13.8. The maximum absolute atomic E-state index is 4.47. The Morgan fingerprint density at radius 1 is 1.09 bits per heavy atom. The summed E-state index contributed by atoms with van der Waals surface area (Å²) in [5, 5.41) is 0. The molecule has 0 radical (unpaired) electrons. The second kappa shape index (κ2) is 7.61. The first-order valence-corrected chi connectivity index (χ1v) is 8.79. The lowest BCUT2D eigenvalue weighted by molar-refractivity contribution is 0.573. The molecule has 0 N–H and O–H groups in total. The van der Waals surface area contributed by atoms with Gasteiger partial charge in [0.1, 0.15) is 18.0 Å². The van der Waals surface area contributed by atoms with Crippen molar-refractivity contribution in [2.75, 3.05) is 36.5 Å². The van der Waals surface area contributed by atoms with E-state index in [0.717, 1.165) is 31.3 Å². The highest BCUT2D eigenvalue weighted by atomic mass is 15.2. The van der Waals surface area contributed by atoms with Gasteiger partial charge in [0.05, 0.1) is 0 Å². The third-order valence-electron chi connectivity index (χ3n) is 4.86. The van der Waals surface area contributed by atoms with Crippen molar-refractivity contribution in [1.82, 2.24) is 9.97 Å². The molecule has 1 aromatic rings. The smallest absolute Gasteiger partial charge is 0.134 e. The quantitative estimate of drug-likeness (QED) is 0.774. The van der Waals surface area contributed by atoms with Gasteiger partial charge in [0.25, 0.3) is 0 Å². The molecule has 120 valence electrons. The van der Waals surface area contributed by atoms with Gasteiger partial charge >= 0.3 is 0 Å². The summed E-state index contributed by atoms with van der Waals surface area (Å²) >= 11 is 0. The fourth-order valence-corrected chi connectivity index (χ4v) is 3.40. The van der Waals surface area contributed by atoms with E-state index in [1.54, 1.807) is 11.9 Å². The van der Waals surface area contributed by atoms with Gasteiger partial charge in [-0.2, -0.15) is 0 Å². The molecule has 1 saturated heterocycles. The minimum atomic E-state index is 1.04. The number of hydrogen-bond acceptors (Lipinski definition) is 4. The Bertz CT molecular complexity index is 506. The molecule has 22 heavy (non-hydrogen) atoms. The van der Waals surface area contributed by atoms with Gasteiger partial charge in [0.15, 0.2) is 0 Å². The summed E-state index contributed by atoms with van der Waals surface area (Å²) < 4.78 is 0. The zero-order valence-electron chi connectivity index (χ0n) is 13.8. The van der Waals surface area contributed by atoms with Gasteiger partial charge in [0.2, 0.25) is 0 Å². The molecular formula is C18H28N4. The van der Waals surface area contributed by atoms with Crippen molar-refractivity contribution >= 4 is 11.6 Å². The van der Waals surface area contributed by atoms with Crippen LogP contribution in [0.3, 0.4) is 0 Å². The molecule has 0 aromatic carbocycles. The van der Waals surface area contributed by atoms with E-state index in [0.29, 0.717) is 0 Å². The maximum atomic E-state index is 4.47. The van der Waals surface area contributed by atoms with Crippen molar-refractivity contribution in [1.29, 1.82) is 0 Å². The fraction of sp³-hybridized carbons (Fsp3) is 0.667. The molecule has 0 spiro atoms. The van der Waals surface area contributed by atoms with Crippen molar-refractivity contribution in [2.24, 2.45) is 0 Å². The third-order valence-corrected chi connectivity index (χ3v) is 4.86. The van der Waals surface area contributed by atoms with E-state index in [1.165, 1.54) is 51.4 Å². The van der Waals surface area contributed by atoms with Crippen molar-refractivity contribution in [3.63, 3.8) is 0 Å². The summed E-state index contributed by atoms with van der Waals surface area (Å²) in [6.45, 7) is 3.31. The highest BCUT2D eigenvalue weighted by Gasteiger charge is 2.14. The number of piperidine rings is 1. The molecule has 0 bridgehead atoms. The molecule has 4 nitrogen and oxygen atoms in total. The Kier molecular flexibility index (Phi) is 5.30. The molecule has 3 rings (SSSR count). The standard InChI is InChI=1S/C18H28N4/c1-21(13-10-16-8-4-2-5-9-16)17-14-18(20-15-19-17)22-11-6-3-7-12-22/h8,14-15H,2-7,9-13H2,1H3. The normalized spacial score (nSPS) is 19.0. The van der Waals surface area contributed by atoms with Gasteiger partial charge in [0, 0.05) is 32.7 Å². The van der Waals surface area contributed by atoms with E-state index < -0.39 is 0 Å². The minimum absolute atomic E-state index is 1.04. The van der Waals surface area contributed by atoms with Crippen LogP contribution < -0.4 is 9.80 Å². The molecule has 1 aliphatic carbocycles. The van der Waals surface area contributed by atoms with Crippen molar-refractivity contribution in [3.05, 3.63) is 24.0 Å². The molecule has 2 aliphatic rings. The second-order valence-corrected chi connectivity index (χ2v) is 6.56. The molecule has 0 atom stereocenters. The lowest BCUT2D eigenvalue weighted by Gasteiger charge is -2.28. The predicted molar refractivity (Wildman–Crippen MR) is 92.5 cm³/mol. The predicted octanol–water partition coefficient (Wildman–Crippen LogP) is 3.79. The fourth-order valence-electron chi connectivity index (χ4n) is 3.40. The molecule has 2 heterocycles. The highest BCUT2D eigenvalue weighted by Crippen LogP contribution is 2.23. The molecule has 0 amide bonds. The van der Waals surface area contributed by atoms with Gasteiger partial charge in [-0.05, 0) is 51.4 Å². The number of rotatable bonds is 5. The molecule has 0 saturated carbocycles. The van der Waals surface area contributed by atoms with E-state index in [-0.39, 0.29) is 0 Å². The number of hydrogen-bond donors (Lipinski definition) is 0. The lowest BCUT2D eigenvalue weighted by atomic mass is 9.97. The van der Waals surface area contributed by atoms with Crippen LogP contribution in [0.1, 0.15) is 51.4 Å². The Balaban J connectivity index is 1.59. The summed E-state index contributed by atoms with van der Waals surface area (Å²) in [5.41, 5.74) is 1.63. The van der Waals surface area contributed by atoms with Crippen LogP contribution in [0.4, 0.5) is 11.6 Å². The molecule has 0 unspecified atom stereocenters. The summed E-state index contributed by atoms with van der Waals surface area (Å²) in [6, 6.07) is 2.15. The highest BCUT2D eigenvalue weighted by molar-refractivity contribution is 5.49. The van der Waals surface area contributed by atoms with Crippen LogP contribution in [0.25, 0.3) is 0 Å². The maximum Gasteiger partial charge on any atom is 0.134 e. The number of nitrogens with zero attached hydrogens (tertiary/aromatic N) is 4. The monoisotopic (exact) mass is 300 g/mol. The number of aromatic nitrogens is 2. The van der Waals surface area contributed by atoms with Crippen LogP contribution in [-0.4, -0.2) is 36.6 Å². The Labute approximate surface area is 134 Å². The minimum Gasteiger partial charge on any atom is -0.359 e. The summed E-state index contributed by atoms with van der Waals surface area (Å²) in [7, 11) is 2.14. The lowest BCUT2D eigenvalue weighted by Crippen LogP contribution is -2.30. The van der Waals surface area contributed by atoms with Gasteiger partial charge in [-0.25, -0.2) is 9.97 Å². The summed E-state index contributed by atoms with van der Waals surface area (Å²) in [4.78, 5) is 13.6. The first-order chi connectivity index (χ1) is 10.8. The van der Waals surface area contributed by atoms with Crippen molar-refractivity contribution in [3.8, 4) is 0 Å². The Morgan fingerprint density at radius 2 is 1.95 bits per heavy atom. The van der Waals surface area contributed by atoms with Gasteiger partial charge in [-0.3, -0.25) is 0 Å². The molecule has 1 aromatic heterocycles. The van der Waals surface area contributed by atoms with E-state index in [2.05, 4.69) is 39.0 Å². The average molecular weight is 300 g/mol. The van der Waals surface area contributed by atoms with Gasteiger partial charge in [-0.15, -0.1) is 0 Å². The van der Waals surface area contributed by atoms with Crippen LogP contribution >= 0.6 is 0 Å². The van der Waals surface area contributed by atoms with Crippen LogP contribution in [0.2, 0.25) is 0 Å². The van der Waals surface area contributed by atoms with Gasteiger partial charge < -0.3 is 9.80 Å². The SMILES string of the molecule is CN(CCC1=CCCCC1)c1cc(N2CCCCC2)ncn1. The number of allylic oxidation sites excluding steroid dienone is 1. The van der Waals surface area contributed by atoms with E-state index in [9.17, 15) is 0 Å². The first kappa shape index (κ1) is 15.3. The topological polar surface area (TPSA) is 32.3 Å². The largest absolute Gasteiger partial charge is 0.359 e. The summed E-state index contributed by atoms with van der Waals surface area (Å²) in [5.74, 6) is 2.14. The van der Waals surface area contributed by atoms with Gasteiger partial charge in [-0.1, -0.05) is 11.6 Å². The van der Waals surface area contributed by atoms with Crippen molar-refractivity contribution in [2.45, 2.75) is 51.4 Å². The molecule has 4 heteroatoms. The zero-order chi connectivity index (χ0) is 15.2. The molecular weight excluding hydrogens is 272 g/mol. The number of anilines is 2. The Hall–Kier alpha value is -1.58. The first-order valence-electron chi connectivity index (χ1n) is 8.79. The average Bonchev–Trinajstić information content (AvgIpc) is 2.61. The summed E-state index contributed by atoms with van der Waals surface area (Å²) in [6.07, 6.45) is 14.5. The van der Waals surface area contributed by atoms with E-state index in [4.69, 9.17) is 0 Å². The van der Waals surface area contributed by atoms with Crippen LogP contribution in [0, 0.1) is 0 Å². The van der Waals surface area contributed by atoms with Crippen LogP contribution in [0.15, 0.2) is 24.0 Å². The van der Waals surface area contributed by atoms with E-state index in [1.807, 2.05) is 0 Å².